The summed E-state index contributed by atoms with van der Waals surface area (Å²) in [7, 11) is 1.29. The number of hydrogen-bond acceptors (Lipinski definition) is 7. The fourth-order valence-corrected chi connectivity index (χ4v) is 3.60. The van der Waals surface area contributed by atoms with Crippen molar-refractivity contribution < 1.29 is 23.9 Å². The second-order valence-electron chi connectivity index (χ2n) is 6.07. The van der Waals surface area contributed by atoms with Crippen LogP contribution in [-0.4, -0.2) is 36.3 Å². The molecule has 2 aliphatic heterocycles. The Morgan fingerprint density at radius 3 is 2.67 bits per heavy atom. The van der Waals surface area contributed by atoms with Crippen molar-refractivity contribution >= 4 is 17.8 Å². The number of nitrogens with zero attached hydrogens (tertiary/aromatic N) is 2. The fraction of sp³-hybridized carbons (Fsp3) is 0.263. The summed E-state index contributed by atoms with van der Waals surface area (Å²) in [5, 5.41) is 9.79. The van der Waals surface area contributed by atoms with Crippen molar-refractivity contribution in [1.29, 1.82) is 5.26 Å². The Labute approximate surface area is 155 Å². The highest BCUT2D eigenvalue weighted by Gasteiger charge is 2.60. The summed E-state index contributed by atoms with van der Waals surface area (Å²) in [5.74, 6) is -2.38. The largest absolute Gasteiger partial charge is 0.462 e. The van der Waals surface area contributed by atoms with Crippen LogP contribution in [-0.2, 0) is 24.5 Å². The van der Waals surface area contributed by atoms with Crippen molar-refractivity contribution in [1.82, 2.24) is 4.90 Å². The third kappa shape index (κ3) is 2.25. The molecule has 0 aliphatic carbocycles. The molecule has 8 nitrogen and oxygen atoms in total. The Balaban J connectivity index is 2.50. The number of fused-ring (bicyclic) bond motifs is 2. The maximum atomic E-state index is 13.4. The number of allylic oxidation sites excluding steroid dienone is 1. The van der Waals surface area contributed by atoms with Gasteiger partial charge in [-0.3, -0.25) is 14.5 Å². The molecule has 1 aromatic rings. The second kappa shape index (κ2) is 6.29. The third-order valence-corrected chi connectivity index (χ3v) is 4.69. The Morgan fingerprint density at radius 1 is 1.37 bits per heavy atom. The summed E-state index contributed by atoms with van der Waals surface area (Å²) >= 11 is 0. The molecule has 1 atom stereocenters. The predicted molar refractivity (Wildman–Crippen MR) is 92.5 cm³/mol. The number of carbonyl (C=O) groups excluding carboxylic acids is 3. The average Bonchev–Trinajstić information content (AvgIpc) is 2.64. The first kappa shape index (κ1) is 18.2. The lowest BCUT2D eigenvalue weighted by Crippen LogP contribution is -2.57. The molecule has 1 aromatic carbocycles. The van der Waals surface area contributed by atoms with E-state index in [1.165, 1.54) is 26.1 Å². The smallest absolute Gasteiger partial charge is 0.339 e. The summed E-state index contributed by atoms with van der Waals surface area (Å²) in [6.45, 7) is 3.13. The minimum Gasteiger partial charge on any atom is -0.462 e. The van der Waals surface area contributed by atoms with Gasteiger partial charge in [-0.15, -0.1) is 0 Å². The predicted octanol–water partition coefficient (Wildman–Crippen LogP) is 1.10. The number of carbonyl (C=O) groups is 3. The number of benzene rings is 1. The number of likely N-dealkylation sites (N-methyl/N-ethyl adjacent to an activating group) is 1. The number of rotatable bonds is 2. The number of nitrogens with two attached hydrogens (primary N) is 1. The molecule has 1 unspecified atom stereocenters. The summed E-state index contributed by atoms with van der Waals surface area (Å²) in [6, 6.07) is 8.20. The van der Waals surface area contributed by atoms with Crippen LogP contribution in [0.15, 0.2) is 47.1 Å². The van der Waals surface area contributed by atoms with E-state index in [9.17, 15) is 19.6 Å². The van der Waals surface area contributed by atoms with Crippen LogP contribution in [0.25, 0.3) is 0 Å². The van der Waals surface area contributed by atoms with Gasteiger partial charge >= 0.3 is 5.97 Å². The van der Waals surface area contributed by atoms with Gasteiger partial charge in [0, 0.05) is 12.6 Å². The minimum atomic E-state index is -1.91. The van der Waals surface area contributed by atoms with Crippen molar-refractivity contribution in [2.24, 2.45) is 5.73 Å². The molecule has 0 fully saturated rings. The monoisotopic (exact) mass is 367 g/mol. The first-order valence-corrected chi connectivity index (χ1v) is 8.20. The number of imide groups is 1. The third-order valence-electron chi connectivity index (χ3n) is 4.69. The van der Waals surface area contributed by atoms with Crippen molar-refractivity contribution in [2.45, 2.75) is 19.3 Å². The van der Waals surface area contributed by atoms with E-state index in [1.54, 1.807) is 19.1 Å². The van der Waals surface area contributed by atoms with Crippen LogP contribution in [0, 0.1) is 11.3 Å². The average molecular weight is 367 g/mol. The van der Waals surface area contributed by atoms with Gasteiger partial charge in [0.1, 0.15) is 23.0 Å². The second-order valence-corrected chi connectivity index (χ2v) is 6.07. The number of nitriles is 1. The highest BCUT2D eigenvalue weighted by Crippen LogP contribution is 2.49. The lowest BCUT2D eigenvalue weighted by molar-refractivity contribution is -0.143. The topological polar surface area (TPSA) is 123 Å². The van der Waals surface area contributed by atoms with E-state index in [0.29, 0.717) is 0 Å². The van der Waals surface area contributed by atoms with E-state index < -0.39 is 23.2 Å². The summed E-state index contributed by atoms with van der Waals surface area (Å²) in [5.41, 5.74) is 3.98. The standard InChI is InChI=1S/C19H17N3O5/c1-4-26-17(24)14-10(2)27-15(21)13(9-20)19(14)12-8-6-5-7-11(12)16(23)22(3)18(19)25/h5-8H,4,21H2,1-3H3. The Hall–Kier alpha value is -3.60. The SMILES string of the molecule is CCOC(=O)C1=C(C)OC(N)=C(C#N)C12C(=O)N(C)C(=O)c1ccccc12. The normalized spacial score (nSPS) is 21.8. The Morgan fingerprint density at radius 2 is 2.04 bits per heavy atom. The summed E-state index contributed by atoms with van der Waals surface area (Å²) in [4.78, 5) is 39.7. The fourth-order valence-electron chi connectivity index (χ4n) is 3.60. The molecule has 1 spiro atoms. The van der Waals surface area contributed by atoms with Crippen molar-refractivity contribution in [3.8, 4) is 6.07 Å². The van der Waals surface area contributed by atoms with E-state index in [4.69, 9.17) is 15.2 Å². The molecule has 3 rings (SSSR count). The number of ether oxygens (including phenoxy) is 2. The molecule has 8 heteroatoms. The van der Waals surface area contributed by atoms with E-state index in [-0.39, 0.29) is 40.5 Å². The molecule has 2 aliphatic rings. The number of hydrogen-bond donors (Lipinski definition) is 1. The van der Waals surface area contributed by atoms with Gasteiger partial charge in [-0.1, -0.05) is 18.2 Å². The molecule has 0 aromatic heterocycles. The molecular formula is C19H17N3O5. The van der Waals surface area contributed by atoms with Gasteiger partial charge in [0.25, 0.3) is 5.91 Å². The zero-order valence-corrected chi connectivity index (χ0v) is 15.0. The van der Waals surface area contributed by atoms with Gasteiger partial charge < -0.3 is 15.2 Å². The first-order chi connectivity index (χ1) is 12.8. The van der Waals surface area contributed by atoms with Gasteiger partial charge in [-0.25, -0.2) is 4.79 Å². The van der Waals surface area contributed by atoms with Crippen LogP contribution >= 0.6 is 0 Å². The van der Waals surface area contributed by atoms with Crippen LogP contribution in [0.4, 0.5) is 0 Å². The molecule has 0 saturated carbocycles. The summed E-state index contributed by atoms with van der Waals surface area (Å²) < 4.78 is 10.5. The van der Waals surface area contributed by atoms with E-state index in [0.717, 1.165) is 4.90 Å². The van der Waals surface area contributed by atoms with Gasteiger partial charge in [0.15, 0.2) is 5.41 Å². The van der Waals surface area contributed by atoms with Gasteiger partial charge in [0.05, 0.1) is 6.61 Å². The number of esters is 1. The van der Waals surface area contributed by atoms with Crippen LogP contribution in [0.3, 0.4) is 0 Å². The zero-order chi connectivity index (χ0) is 19.9. The van der Waals surface area contributed by atoms with Crippen LogP contribution < -0.4 is 5.73 Å². The highest BCUT2D eigenvalue weighted by molar-refractivity contribution is 6.19. The molecular weight excluding hydrogens is 350 g/mol. The summed E-state index contributed by atoms with van der Waals surface area (Å²) in [6.07, 6.45) is 0. The molecule has 2 N–H and O–H groups in total. The maximum absolute atomic E-state index is 13.4. The molecule has 0 bridgehead atoms. The Kier molecular flexibility index (Phi) is 4.24. The Bertz CT molecular complexity index is 985. The highest BCUT2D eigenvalue weighted by atomic mass is 16.5. The number of amides is 2. The molecule has 2 heterocycles. The molecule has 138 valence electrons. The van der Waals surface area contributed by atoms with Crippen LogP contribution in [0.2, 0.25) is 0 Å². The van der Waals surface area contributed by atoms with E-state index in [1.807, 2.05) is 6.07 Å². The molecule has 2 amide bonds. The first-order valence-electron chi connectivity index (χ1n) is 8.20. The van der Waals surface area contributed by atoms with Gasteiger partial charge in [-0.2, -0.15) is 5.26 Å². The molecule has 0 radical (unpaired) electrons. The van der Waals surface area contributed by atoms with Crippen molar-refractivity contribution in [2.75, 3.05) is 13.7 Å². The minimum absolute atomic E-state index is 0.0378. The van der Waals surface area contributed by atoms with Crippen molar-refractivity contribution in [3.63, 3.8) is 0 Å². The molecule has 0 saturated heterocycles. The van der Waals surface area contributed by atoms with Gasteiger partial charge in [0.2, 0.25) is 11.8 Å². The van der Waals surface area contributed by atoms with E-state index in [2.05, 4.69) is 0 Å². The van der Waals surface area contributed by atoms with Crippen LogP contribution in [0.5, 0.6) is 0 Å². The molecule has 27 heavy (non-hydrogen) atoms. The van der Waals surface area contributed by atoms with Crippen molar-refractivity contribution in [3.05, 3.63) is 58.2 Å². The van der Waals surface area contributed by atoms with Crippen LogP contribution in [0.1, 0.15) is 29.8 Å². The lowest BCUT2D eigenvalue weighted by Gasteiger charge is -2.43. The lowest BCUT2D eigenvalue weighted by atomic mass is 9.63. The van der Waals surface area contributed by atoms with Gasteiger partial charge in [-0.05, 0) is 25.5 Å². The maximum Gasteiger partial charge on any atom is 0.339 e. The van der Waals surface area contributed by atoms with E-state index >= 15 is 0 Å². The zero-order valence-electron chi connectivity index (χ0n) is 15.0. The quantitative estimate of drug-likeness (QED) is 0.613.